The Kier molecular flexibility index (Phi) is 3.84. The van der Waals surface area contributed by atoms with Crippen molar-refractivity contribution >= 4 is 0 Å². The van der Waals surface area contributed by atoms with Crippen LogP contribution in [-0.2, 0) is 6.54 Å². The van der Waals surface area contributed by atoms with Gasteiger partial charge in [-0.05, 0) is 38.1 Å². The standard InChI is InChI=1S/C14H24N4O/c1-2-10-5-6-18(12(7-10)8-15)9-13-16-14(19-17-13)11-3-4-11/h10-12H,2-9,15H2,1H3. The smallest absolute Gasteiger partial charge is 0.229 e. The van der Waals surface area contributed by atoms with E-state index in [1.54, 1.807) is 0 Å². The third-order valence-corrected chi connectivity index (χ3v) is 4.55. The Balaban J connectivity index is 1.60. The number of hydrogen-bond acceptors (Lipinski definition) is 5. The summed E-state index contributed by atoms with van der Waals surface area (Å²) < 4.78 is 5.32. The second-order valence-electron chi connectivity index (χ2n) is 5.98. The topological polar surface area (TPSA) is 68.2 Å². The lowest BCUT2D eigenvalue weighted by Crippen LogP contribution is -2.46. The van der Waals surface area contributed by atoms with E-state index < -0.39 is 0 Å². The number of nitrogens with two attached hydrogens (primary N) is 1. The minimum Gasteiger partial charge on any atom is -0.339 e. The van der Waals surface area contributed by atoms with Gasteiger partial charge in [0, 0.05) is 18.5 Å². The molecular weight excluding hydrogens is 240 g/mol. The molecule has 1 saturated carbocycles. The zero-order valence-corrected chi connectivity index (χ0v) is 11.7. The largest absolute Gasteiger partial charge is 0.339 e. The Bertz CT molecular complexity index is 415. The van der Waals surface area contributed by atoms with Crippen molar-refractivity contribution in [2.24, 2.45) is 11.7 Å². The Morgan fingerprint density at radius 2 is 2.21 bits per heavy atom. The third-order valence-electron chi connectivity index (χ3n) is 4.55. The molecular formula is C14H24N4O. The molecule has 2 heterocycles. The zero-order chi connectivity index (χ0) is 13.2. The summed E-state index contributed by atoms with van der Waals surface area (Å²) in [5.41, 5.74) is 5.92. The van der Waals surface area contributed by atoms with Gasteiger partial charge in [-0.1, -0.05) is 18.5 Å². The van der Waals surface area contributed by atoms with Gasteiger partial charge >= 0.3 is 0 Å². The maximum atomic E-state index is 5.92. The lowest BCUT2D eigenvalue weighted by Gasteiger charge is -2.38. The van der Waals surface area contributed by atoms with Gasteiger partial charge in [0.25, 0.3) is 0 Å². The Morgan fingerprint density at radius 3 is 2.89 bits per heavy atom. The molecule has 1 saturated heterocycles. The highest BCUT2D eigenvalue weighted by molar-refractivity contribution is 5.02. The summed E-state index contributed by atoms with van der Waals surface area (Å²) in [7, 11) is 0. The number of piperidine rings is 1. The van der Waals surface area contributed by atoms with Gasteiger partial charge in [-0.25, -0.2) is 0 Å². The van der Waals surface area contributed by atoms with E-state index in [-0.39, 0.29) is 0 Å². The van der Waals surface area contributed by atoms with Crippen molar-refractivity contribution in [1.29, 1.82) is 0 Å². The molecule has 1 aliphatic heterocycles. The maximum Gasteiger partial charge on any atom is 0.229 e. The van der Waals surface area contributed by atoms with Crippen LogP contribution in [0.5, 0.6) is 0 Å². The highest BCUT2D eigenvalue weighted by atomic mass is 16.5. The number of likely N-dealkylation sites (tertiary alicyclic amines) is 1. The van der Waals surface area contributed by atoms with Crippen LogP contribution in [0.2, 0.25) is 0 Å². The van der Waals surface area contributed by atoms with Gasteiger partial charge in [0.05, 0.1) is 6.54 Å². The fourth-order valence-corrected chi connectivity index (χ4v) is 3.02. The summed E-state index contributed by atoms with van der Waals surface area (Å²) in [4.78, 5) is 6.94. The highest BCUT2D eigenvalue weighted by Gasteiger charge is 2.31. The number of hydrogen-bond donors (Lipinski definition) is 1. The van der Waals surface area contributed by atoms with Crippen molar-refractivity contribution in [3.8, 4) is 0 Å². The van der Waals surface area contributed by atoms with Crippen LogP contribution in [0.25, 0.3) is 0 Å². The van der Waals surface area contributed by atoms with Crippen LogP contribution in [0.4, 0.5) is 0 Å². The Labute approximate surface area is 114 Å². The Morgan fingerprint density at radius 1 is 1.37 bits per heavy atom. The second kappa shape index (κ2) is 5.59. The quantitative estimate of drug-likeness (QED) is 0.879. The summed E-state index contributed by atoms with van der Waals surface area (Å²) in [6.07, 6.45) is 6.14. The first-order valence-corrected chi connectivity index (χ1v) is 7.56. The molecule has 0 amide bonds. The van der Waals surface area contributed by atoms with Gasteiger partial charge in [0.2, 0.25) is 5.89 Å². The fraction of sp³-hybridized carbons (Fsp3) is 0.857. The fourth-order valence-electron chi connectivity index (χ4n) is 3.02. The molecule has 19 heavy (non-hydrogen) atoms. The van der Waals surface area contributed by atoms with Gasteiger partial charge in [0.15, 0.2) is 5.82 Å². The molecule has 0 spiro atoms. The lowest BCUT2D eigenvalue weighted by molar-refractivity contribution is 0.104. The van der Waals surface area contributed by atoms with E-state index in [1.165, 1.54) is 32.1 Å². The summed E-state index contributed by atoms with van der Waals surface area (Å²) >= 11 is 0. The average Bonchev–Trinajstić information content (AvgIpc) is 3.20. The van der Waals surface area contributed by atoms with E-state index >= 15 is 0 Å². The number of rotatable bonds is 5. The summed E-state index contributed by atoms with van der Waals surface area (Å²) in [6, 6.07) is 0.474. The Hall–Kier alpha value is -0.940. The normalized spacial score (nSPS) is 28.7. The van der Waals surface area contributed by atoms with E-state index in [9.17, 15) is 0 Å². The van der Waals surface area contributed by atoms with Crippen LogP contribution in [-0.4, -0.2) is 34.2 Å². The molecule has 1 aromatic rings. The summed E-state index contributed by atoms with van der Waals surface area (Å²) in [5, 5.41) is 4.11. The van der Waals surface area contributed by atoms with Crippen LogP contribution < -0.4 is 5.73 Å². The maximum absolute atomic E-state index is 5.92. The molecule has 2 N–H and O–H groups in total. The molecule has 2 atom stereocenters. The zero-order valence-electron chi connectivity index (χ0n) is 11.7. The second-order valence-corrected chi connectivity index (χ2v) is 5.98. The minimum atomic E-state index is 0.474. The van der Waals surface area contributed by atoms with E-state index in [0.717, 1.165) is 37.3 Å². The van der Waals surface area contributed by atoms with E-state index in [0.29, 0.717) is 12.0 Å². The predicted octanol–water partition coefficient (Wildman–Crippen LogP) is 1.90. The first-order valence-electron chi connectivity index (χ1n) is 7.56. The molecule has 0 bridgehead atoms. The van der Waals surface area contributed by atoms with Crippen LogP contribution in [0, 0.1) is 5.92 Å². The molecule has 1 aromatic heterocycles. The van der Waals surface area contributed by atoms with Crippen molar-refractivity contribution in [2.75, 3.05) is 13.1 Å². The van der Waals surface area contributed by atoms with Gasteiger partial charge in [-0.3, -0.25) is 4.90 Å². The van der Waals surface area contributed by atoms with Gasteiger partial charge in [-0.15, -0.1) is 0 Å². The first kappa shape index (κ1) is 13.1. The monoisotopic (exact) mass is 264 g/mol. The molecule has 2 fully saturated rings. The minimum absolute atomic E-state index is 0.474. The van der Waals surface area contributed by atoms with E-state index in [1.807, 2.05) is 0 Å². The van der Waals surface area contributed by atoms with Crippen LogP contribution in [0.3, 0.4) is 0 Å². The highest BCUT2D eigenvalue weighted by Crippen LogP contribution is 2.39. The van der Waals surface area contributed by atoms with Crippen molar-refractivity contribution in [3.05, 3.63) is 11.7 Å². The van der Waals surface area contributed by atoms with Crippen LogP contribution in [0.15, 0.2) is 4.52 Å². The van der Waals surface area contributed by atoms with E-state index in [2.05, 4.69) is 22.0 Å². The number of aromatic nitrogens is 2. The van der Waals surface area contributed by atoms with E-state index in [4.69, 9.17) is 10.3 Å². The van der Waals surface area contributed by atoms with Gasteiger partial charge in [0.1, 0.15) is 0 Å². The predicted molar refractivity (Wildman–Crippen MR) is 72.5 cm³/mol. The SMILES string of the molecule is CCC1CCN(Cc2noc(C3CC3)n2)C(CN)C1. The molecule has 0 aromatic carbocycles. The average molecular weight is 264 g/mol. The van der Waals surface area contributed by atoms with Gasteiger partial charge < -0.3 is 10.3 Å². The summed E-state index contributed by atoms with van der Waals surface area (Å²) in [5.74, 6) is 3.03. The van der Waals surface area contributed by atoms with Gasteiger partial charge in [-0.2, -0.15) is 4.98 Å². The molecule has 106 valence electrons. The molecule has 1 aliphatic carbocycles. The van der Waals surface area contributed by atoms with Crippen molar-refractivity contribution in [1.82, 2.24) is 15.0 Å². The summed E-state index contributed by atoms with van der Waals surface area (Å²) in [6.45, 7) is 4.89. The van der Waals surface area contributed by atoms with Crippen LogP contribution >= 0.6 is 0 Å². The van der Waals surface area contributed by atoms with Crippen molar-refractivity contribution < 1.29 is 4.52 Å². The molecule has 3 rings (SSSR count). The van der Waals surface area contributed by atoms with Crippen molar-refractivity contribution in [2.45, 2.75) is 57.5 Å². The molecule has 5 heteroatoms. The third kappa shape index (κ3) is 2.98. The van der Waals surface area contributed by atoms with Crippen molar-refractivity contribution in [3.63, 3.8) is 0 Å². The molecule has 2 aliphatic rings. The molecule has 5 nitrogen and oxygen atoms in total. The number of nitrogens with zero attached hydrogens (tertiary/aromatic N) is 3. The molecule has 2 unspecified atom stereocenters. The first-order chi connectivity index (χ1) is 9.30. The lowest BCUT2D eigenvalue weighted by atomic mass is 9.89. The molecule has 0 radical (unpaired) electrons. The van der Waals surface area contributed by atoms with Crippen LogP contribution in [0.1, 0.15) is 56.7 Å².